The highest BCUT2D eigenvalue weighted by Gasteiger charge is 2.23. The van der Waals surface area contributed by atoms with E-state index in [-0.39, 0.29) is 17.1 Å². The van der Waals surface area contributed by atoms with Gasteiger partial charge in [-0.1, -0.05) is 25.7 Å². The molecule has 0 saturated heterocycles. The summed E-state index contributed by atoms with van der Waals surface area (Å²) in [6.07, 6.45) is 4.69. The van der Waals surface area contributed by atoms with Gasteiger partial charge in [-0.25, -0.2) is 4.79 Å². The van der Waals surface area contributed by atoms with Crippen LogP contribution in [0.15, 0.2) is 15.3 Å². The molecule has 1 aromatic heterocycles. The van der Waals surface area contributed by atoms with Gasteiger partial charge in [-0.3, -0.25) is 4.79 Å². The Morgan fingerprint density at radius 1 is 1.47 bits per heavy atom. The van der Waals surface area contributed by atoms with Crippen molar-refractivity contribution in [1.29, 1.82) is 0 Å². The van der Waals surface area contributed by atoms with Gasteiger partial charge in [0.1, 0.15) is 17.1 Å². The molecule has 1 aliphatic carbocycles. The zero-order chi connectivity index (χ0) is 12.4. The number of hydrogen-bond donors (Lipinski definition) is 1. The number of rotatable bonds is 3. The van der Waals surface area contributed by atoms with Crippen molar-refractivity contribution >= 4 is 5.78 Å². The van der Waals surface area contributed by atoms with Gasteiger partial charge in [-0.15, -0.1) is 0 Å². The molecule has 0 aromatic carbocycles. The molecule has 1 N–H and O–H groups in total. The molecule has 4 nitrogen and oxygen atoms in total. The van der Waals surface area contributed by atoms with E-state index in [0.717, 1.165) is 25.7 Å². The molecule has 92 valence electrons. The van der Waals surface area contributed by atoms with E-state index in [1.165, 1.54) is 6.07 Å². The second-order valence-electron chi connectivity index (χ2n) is 4.68. The minimum Gasteiger partial charge on any atom is -0.507 e. The first kappa shape index (κ1) is 11.9. The maximum absolute atomic E-state index is 11.9. The molecule has 1 heterocycles. The van der Waals surface area contributed by atoms with Gasteiger partial charge >= 0.3 is 5.63 Å². The van der Waals surface area contributed by atoms with E-state index in [1.807, 2.05) is 0 Å². The Bertz CT molecular complexity index is 481. The predicted molar refractivity (Wildman–Crippen MR) is 62.3 cm³/mol. The Hall–Kier alpha value is -1.58. The third kappa shape index (κ3) is 2.57. The molecule has 2 rings (SSSR count). The zero-order valence-corrected chi connectivity index (χ0v) is 9.86. The van der Waals surface area contributed by atoms with E-state index < -0.39 is 5.63 Å². The van der Waals surface area contributed by atoms with Crippen LogP contribution in [0.1, 0.15) is 48.2 Å². The van der Waals surface area contributed by atoms with Crippen LogP contribution in [0.3, 0.4) is 0 Å². The molecular weight excluding hydrogens is 220 g/mol. The molecule has 1 aromatic rings. The van der Waals surface area contributed by atoms with Crippen molar-refractivity contribution in [2.75, 3.05) is 0 Å². The van der Waals surface area contributed by atoms with Crippen molar-refractivity contribution in [1.82, 2.24) is 0 Å². The number of carbonyl (C=O) groups excluding carboxylic acids is 1. The van der Waals surface area contributed by atoms with Crippen LogP contribution in [0.5, 0.6) is 5.75 Å². The van der Waals surface area contributed by atoms with Gasteiger partial charge in [0.05, 0.1) is 0 Å². The van der Waals surface area contributed by atoms with Crippen LogP contribution in [0.25, 0.3) is 0 Å². The van der Waals surface area contributed by atoms with E-state index in [9.17, 15) is 14.7 Å². The second-order valence-corrected chi connectivity index (χ2v) is 4.68. The molecule has 17 heavy (non-hydrogen) atoms. The van der Waals surface area contributed by atoms with Gasteiger partial charge in [-0.2, -0.15) is 0 Å². The van der Waals surface area contributed by atoms with E-state index >= 15 is 0 Å². The van der Waals surface area contributed by atoms with Gasteiger partial charge in [0, 0.05) is 12.5 Å². The number of hydrogen-bond acceptors (Lipinski definition) is 4. The third-order valence-corrected chi connectivity index (χ3v) is 3.28. The van der Waals surface area contributed by atoms with Crippen molar-refractivity contribution in [3.8, 4) is 5.75 Å². The first-order valence-electron chi connectivity index (χ1n) is 5.95. The number of aryl methyl sites for hydroxylation is 1. The molecule has 0 unspecified atom stereocenters. The molecule has 0 radical (unpaired) electrons. The van der Waals surface area contributed by atoms with Crippen molar-refractivity contribution in [2.45, 2.75) is 39.0 Å². The highest BCUT2D eigenvalue weighted by molar-refractivity contribution is 5.98. The van der Waals surface area contributed by atoms with Crippen molar-refractivity contribution in [2.24, 2.45) is 5.92 Å². The molecule has 1 fully saturated rings. The first-order valence-corrected chi connectivity index (χ1v) is 5.95. The number of Topliss-reactive ketones (excluding diaryl/α,β-unsaturated/α-hetero) is 1. The van der Waals surface area contributed by atoms with Crippen LogP contribution in [0.4, 0.5) is 0 Å². The average Bonchev–Trinajstić information content (AvgIpc) is 2.68. The quantitative estimate of drug-likeness (QED) is 0.818. The van der Waals surface area contributed by atoms with Gasteiger partial charge in [0.15, 0.2) is 5.78 Å². The Balaban J connectivity index is 2.21. The largest absolute Gasteiger partial charge is 0.507 e. The Morgan fingerprint density at radius 3 is 2.71 bits per heavy atom. The smallest absolute Gasteiger partial charge is 0.350 e. The minimum absolute atomic E-state index is 0.192. The van der Waals surface area contributed by atoms with Crippen molar-refractivity contribution in [3.05, 3.63) is 27.8 Å². The summed E-state index contributed by atoms with van der Waals surface area (Å²) in [6.45, 7) is 1.56. The van der Waals surface area contributed by atoms with E-state index in [2.05, 4.69) is 0 Å². The van der Waals surface area contributed by atoms with Crippen LogP contribution >= 0.6 is 0 Å². The van der Waals surface area contributed by atoms with Crippen molar-refractivity contribution < 1.29 is 14.3 Å². The standard InChI is InChI=1S/C13H16O4/c1-8-6-10(14)12(13(16)17-8)11(15)7-9-4-2-3-5-9/h6,9,14H,2-5,7H2,1H3. The van der Waals surface area contributed by atoms with E-state index in [1.54, 1.807) is 6.92 Å². The topological polar surface area (TPSA) is 67.5 Å². The fourth-order valence-electron chi connectivity index (χ4n) is 2.43. The zero-order valence-electron chi connectivity index (χ0n) is 9.86. The monoisotopic (exact) mass is 236 g/mol. The van der Waals surface area contributed by atoms with Crippen LogP contribution < -0.4 is 5.63 Å². The van der Waals surface area contributed by atoms with Gasteiger partial charge in [-0.05, 0) is 12.8 Å². The van der Waals surface area contributed by atoms with Crippen LogP contribution in [0, 0.1) is 12.8 Å². The summed E-state index contributed by atoms with van der Waals surface area (Å²) in [4.78, 5) is 23.5. The Kier molecular flexibility index (Phi) is 3.31. The van der Waals surface area contributed by atoms with Crippen LogP contribution in [0.2, 0.25) is 0 Å². The molecule has 0 spiro atoms. The molecule has 0 amide bonds. The lowest BCUT2D eigenvalue weighted by molar-refractivity contribution is 0.0955. The van der Waals surface area contributed by atoms with Gasteiger partial charge < -0.3 is 9.52 Å². The van der Waals surface area contributed by atoms with E-state index in [4.69, 9.17) is 4.42 Å². The lowest BCUT2D eigenvalue weighted by atomic mass is 9.97. The summed E-state index contributed by atoms with van der Waals surface area (Å²) in [7, 11) is 0. The fraction of sp³-hybridized carbons (Fsp3) is 0.538. The van der Waals surface area contributed by atoms with E-state index in [0.29, 0.717) is 18.1 Å². The lowest BCUT2D eigenvalue weighted by Gasteiger charge is -2.07. The molecule has 1 aliphatic rings. The summed E-state index contributed by atoms with van der Waals surface area (Å²) in [6, 6.07) is 1.31. The van der Waals surface area contributed by atoms with Crippen molar-refractivity contribution in [3.63, 3.8) is 0 Å². The molecule has 4 heteroatoms. The summed E-state index contributed by atoms with van der Waals surface area (Å²) < 4.78 is 4.84. The summed E-state index contributed by atoms with van der Waals surface area (Å²) >= 11 is 0. The number of aromatic hydroxyl groups is 1. The highest BCUT2D eigenvalue weighted by atomic mass is 16.4. The highest BCUT2D eigenvalue weighted by Crippen LogP contribution is 2.29. The lowest BCUT2D eigenvalue weighted by Crippen LogP contribution is -2.16. The third-order valence-electron chi connectivity index (χ3n) is 3.28. The first-order chi connectivity index (χ1) is 8.08. The van der Waals surface area contributed by atoms with Gasteiger partial charge in [0.2, 0.25) is 0 Å². The predicted octanol–water partition coefficient (Wildman–Crippen LogP) is 2.42. The Morgan fingerprint density at radius 2 is 2.12 bits per heavy atom. The summed E-state index contributed by atoms with van der Waals surface area (Å²) in [5, 5.41) is 9.64. The number of carbonyl (C=O) groups is 1. The van der Waals surface area contributed by atoms with Crippen LogP contribution in [-0.2, 0) is 0 Å². The Labute approximate surface area is 99.3 Å². The maximum atomic E-state index is 11.9. The second kappa shape index (κ2) is 4.73. The van der Waals surface area contributed by atoms with Crippen LogP contribution in [-0.4, -0.2) is 10.9 Å². The molecule has 0 bridgehead atoms. The molecule has 0 atom stereocenters. The average molecular weight is 236 g/mol. The summed E-state index contributed by atoms with van der Waals surface area (Å²) in [5.41, 5.74) is -0.923. The SMILES string of the molecule is Cc1cc(O)c(C(=O)CC2CCCC2)c(=O)o1. The number of ketones is 1. The minimum atomic E-state index is -0.731. The normalized spacial score (nSPS) is 16.3. The molecule has 0 aliphatic heterocycles. The molecular formula is C13H16O4. The maximum Gasteiger partial charge on any atom is 0.350 e. The fourth-order valence-corrected chi connectivity index (χ4v) is 2.43. The molecule has 1 saturated carbocycles. The van der Waals surface area contributed by atoms with Gasteiger partial charge in [0.25, 0.3) is 0 Å². The summed E-state index contributed by atoms with van der Waals surface area (Å²) in [5.74, 6) is 0.0948.